The van der Waals surface area contributed by atoms with Gasteiger partial charge in [0, 0.05) is 6.61 Å². The van der Waals surface area contributed by atoms with E-state index in [4.69, 9.17) is 5.11 Å². The highest BCUT2D eigenvalue weighted by Crippen LogP contribution is 2.21. The zero-order valence-electron chi connectivity index (χ0n) is 14.0. The molecule has 0 fully saturated rings. The summed E-state index contributed by atoms with van der Waals surface area (Å²) >= 11 is 0. The van der Waals surface area contributed by atoms with Crippen molar-refractivity contribution in [2.75, 3.05) is 6.61 Å². The molecule has 3 unspecified atom stereocenters. The van der Waals surface area contributed by atoms with Crippen molar-refractivity contribution < 1.29 is 5.11 Å². The van der Waals surface area contributed by atoms with Gasteiger partial charge in [-0.3, -0.25) is 0 Å². The second-order valence-electron chi connectivity index (χ2n) is 6.87. The molecule has 0 aliphatic rings. The quantitative estimate of drug-likeness (QED) is 0.419. The zero-order valence-corrected chi connectivity index (χ0v) is 14.0. The molecule has 19 heavy (non-hydrogen) atoms. The standard InChI is InChI=1S/C18H38O/c1-5-6-7-8-9-11-16(2)12-10-13-17(3)14-18(4)15-19/h16-19H,5-15H2,1-4H3. The molecule has 0 heterocycles. The maximum absolute atomic E-state index is 9.06. The molecule has 0 saturated heterocycles. The summed E-state index contributed by atoms with van der Waals surface area (Å²) in [4.78, 5) is 0. The molecule has 0 spiro atoms. The van der Waals surface area contributed by atoms with Crippen LogP contribution in [-0.2, 0) is 0 Å². The van der Waals surface area contributed by atoms with Gasteiger partial charge in [0.1, 0.15) is 0 Å². The lowest BCUT2D eigenvalue weighted by Gasteiger charge is -2.16. The Morgan fingerprint density at radius 1 is 0.684 bits per heavy atom. The van der Waals surface area contributed by atoms with Crippen LogP contribution in [0.5, 0.6) is 0 Å². The molecule has 1 N–H and O–H groups in total. The van der Waals surface area contributed by atoms with Gasteiger partial charge in [0.2, 0.25) is 0 Å². The van der Waals surface area contributed by atoms with Crippen LogP contribution in [-0.4, -0.2) is 11.7 Å². The zero-order chi connectivity index (χ0) is 14.5. The van der Waals surface area contributed by atoms with Crippen molar-refractivity contribution in [3.8, 4) is 0 Å². The SMILES string of the molecule is CCCCCCCC(C)CCCC(C)CC(C)CO. The highest BCUT2D eigenvalue weighted by atomic mass is 16.3. The molecule has 0 bridgehead atoms. The van der Waals surface area contributed by atoms with Gasteiger partial charge >= 0.3 is 0 Å². The number of hydrogen-bond acceptors (Lipinski definition) is 1. The maximum atomic E-state index is 9.06. The Morgan fingerprint density at radius 3 is 1.89 bits per heavy atom. The first-order valence-corrected chi connectivity index (χ1v) is 8.70. The number of aliphatic hydroxyl groups is 1. The van der Waals surface area contributed by atoms with Crippen LogP contribution in [0.3, 0.4) is 0 Å². The summed E-state index contributed by atoms with van der Waals surface area (Å²) in [5.41, 5.74) is 0. The Morgan fingerprint density at radius 2 is 1.26 bits per heavy atom. The maximum Gasteiger partial charge on any atom is 0.0456 e. The predicted octanol–water partition coefficient (Wildman–Crippen LogP) is 5.81. The average molecular weight is 271 g/mol. The van der Waals surface area contributed by atoms with E-state index in [0.717, 1.165) is 11.8 Å². The van der Waals surface area contributed by atoms with Crippen LogP contribution >= 0.6 is 0 Å². The molecule has 116 valence electrons. The van der Waals surface area contributed by atoms with Crippen molar-refractivity contribution in [1.82, 2.24) is 0 Å². The highest BCUT2D eigenvalue weighted by molar-refractivity contribution is 4.61. The summed E-state index contributed by atoms with van der Waals surface area (Å²) in [5, 5.41) is 9.06. The molecule has 0 saturated carbocycles. The highest BCUT2D eigenvalue weighted by Gasteiger charge is 2.09. The second-order valence-corrected chi connectivity index (χ2v) is 6.87. The smallest absolute Gasteiger partial charge is 0.0456 e. The number of rotatable bonds is 13. The lowest BCUT2D eigenvalue weighted by atomic mass is 9.90. The first kappa shape index (κ1) is 19.0. The van der Waals surface area contributed by atoms with E-state index in [2.05, 4.69) is 27.7 Å². The van der Waals surface area contributed by atoms with Gasteiger partial charge in [-0.25, -0.2) is 0 Å². The van der Waals surface area contributed by atoms with Crippen LogP contribution < -0.4 is 0 Å². The lowest BCUT2D eigenvalue weighted by molar-refractivity contribution is 0.211. The summed E-state index contributed by atoms with van der Waals surface area (Å²) in [6.45, 7) is 9.53. The molecule has 3 atom stereocenters. The van der Waals surface area contributed by atoms with Crippen LogP contribution in [0.2, 0.25) is 0 Å². The summed E-state index contributed by atoms with van der Waals surface area (Å²) in [6.07, 6.45) is 13.8. The average Bonchev–Trinajstić information content (AvgIpc) is 2.38. The minimum absolute atomic E-state index is 0.346. The number of unbranched alkanes of at least 4 members (excludes halogenated alkanes) is 4. The van der Waals surface area contributed by atoms with E-state index in [1.807, 2.05) is 0 Å². The third-order valence-electron chi connectivity index (χ3n) is 4.31. The van der Waals surface area contributed by atoms with Crippen molar-refractivity contribution in [2.24, 2.45) is 17.8 Å². The molecular formula is C18H38O. The molecule has 0 aromatic carbocycles. The van der Waals surface area contributed by atoms with E-state index < -0.39 is 0 Å². The minimum Gasteiger partial charge on any atom is -0.396 e. The van der Waals surface area contributed by atoms with Gasteiger partial charge < -0.3 is 5.11 Å². The molecule has 0 aromatic heterocycles. The largest absolute Gasteiger partial charge is 0.396 e. The Bertz CT molecular complexity index is 179. The Labute approximate surface area is 122 Å². The van der Waals surface area contributed by atoms with Crippen LogP contribution in [0.25, 0.3) is 0 Å². The molecule has 0 rings (SSSR count). The summed E-state index contributed by atoms with van der Waals surface area (Å²) < 4.78 is 0. The van der Waals surface area contributed by atoms with Gasteiger partial charge in [0.25, 0.3) is 0 Å². The van der Waals surface area contributed by atoms with Crippen molar-refractivity contribution in [1.29, 1.82) is 0 Å². The summed E-state index contributed by atoms with van der Waals surface area (Å²) in [6, 6.07) is 0. The monoisotopic (exact) mass is 270 g/mol. The number of hydrogen-bond donors (Lipinski definition) is 1. The Hall–Kier alpha value is -0.0400. The Balaban J connectivity index is 3.39. The van der Waals surface area contributed by atoms with E-state index >= 15 is 0 Å². The molecular weight excluding hydrogens is 232 g/mol. The molecule has 0 amide bonds. The van der Waals surface area contributed by atoms with Gasteiger partial charge in [-0.15, -0.1) is 0 Å². The van der Waals surface area contributed by atoms with Crippen molar-refractivity contribution in [2.45, 2.75) is 91.9 Å². The van der Waals surface area contributed by atoms with Gasteiger partial charge in [0.15, 0.2) is 0 Å². The van der Waals surface area contributed by atoms with Gasteiger partial charge in [0.05, 0.1) is 0 Å². The lowest BCUT2D eigenvalue weighted by Crippen LogP contribution is -2.07. The van der Waals surface area contributed by atoms with E-state index in [9.17, 15) is 0 Å². The van der Waals surface area contributed by atoms with E-state index in [1.54, 1.807) is 0 Å². The Kier molecular flexibility index (Phi) is 12.9. The fourth-order valence-electron chi connectivity index (χ4n) is 2.93. The third-order valence-corrected chi connectivity index (χ3v) is 4.31. The summed E-state index contributed by atoms with van der Waals surface area (Å²) in [5.74, 6) is 2.16. The predicted molar refractivity (Wildman–Crippen MR) is 86.4 cm³/mol. The van der Waals surface area contributed by atoms with Gasteiger partial charge in [-0.1, -0.05) is 85.5 Å². The normalized spacial score (nSPS) is 16.3. The fraction of sp³-hybridized carbons (Fsp3) is 1.00. The van der Waals surface area contributed by atoms with Crippen molar-refractivity contribution in [3.05, 3.63) is 0 Å². The topological polar surface area (TPSA) is 20.2 Å². The molecule has 1 nitrogen and oxygen atoms in total. The van der Waals surface area contributed by atoms with Gasteiger partial charge in [-0.2, -0.15) is 0 Å². The fourth-order valence-corrected chi connectivity index (χ4v) is 2.93. The van der Waals surface area contributed by atoms with E-state index in [0.29, 0.717) is 12.5 Å². The molecule has 0 radical (unpaired) electrons. The molecule has 0 aliphatic carbocycles. The third kappa shape index (κ3) is 12.7. The summed E-state index contributed by atoms with van der Waals surface area (Å²) in [7, 11) is 0. The van der Waals surface area contributed by atoms with Crippen LogP contribution in [0, 0.1) is 17.8 Å². The van der Waals surface area contributed by atoms with Crippen molar-refractivity contribution >= 4 is 0 Å². The minimum atomic E-state index is 0.346. The van der Waals surface area contributed by atoms with Crippen LogP contribution in [0.15, 0.2) is 0 Å². The molecule has 1 heteroatoms. The second kappa shape index (κ2) is 13.0. The van der Waals surface area contributed by atoms with E-state index in [-0.39, 0.29) is 0 Å². The number of aliphatic hydroxyl groups excluding tert-OH is 1. The van der Waals surface area contributed by atoms with Crippen LogP contribution in [0.1, 0.15) is 91.9 Å². The van der Waals surface area contributed by atoms with E-state index in [1.165, 1.54) is 64.2 Å². The van der Waals surface area contributed by atoms with Crippen molar-refractivity contribution in [3.63, 3.8) is 0 Å². The first-order chi connectivity index (χ1) is 9.10. The van der Waals surface area contributed by atoms with Gasteiger partial charge in [-0.05, 0) is 24.2 Å². The molecule has 0 aromatic rings. The first-order valence-electron chi connectivity index (χ1n) is 8.70. The molecule has 0 aliphatic heterocycles. The van der Waals surface area contributed by atoms with Crippen LogP contribution in [0.4, 0.5) is 0 Å².